The Morgan fingerprint density at radius 2 is 1.42 bits per heavy atom. The van der Waals surface area contributed by atoms with Crippen molar-refractivity contribution in [1.29, 1.82) is 0 Å². The second-order valence-corrected chi connectivity index (χ2v) is 9.05. The van der Waals surface area contributed by atoms with Crippen LogP contribution >= 0.6 is 12.4 Å². The average molecular weight is 486 g/mol. The third-order valence-corrected chi connectivity index (χ3v) is 6.65. The quantitative estimate of drug-likeness (QED) is 0.381. The lowest BCUT2D eigenvalue weighted by Crippen LogP contribution is -2.49. The van der Waals surface area contributed by atoms with Gasteiger partial charge in [-0.3, -0.25) is 0 Å². The standard InChI is InChI=1S/C25H27N3O3S.ClH/c1-2-31-24-16-10-9-15-23(24)27-17-19-28(20-18-27)25(21-11-5-3-6-12-21)26-32(29,30)22-13-7-4-8-14-22;/h3-16H,2,17-20H2,1H3;1H. The van der Waals surface area contributed by atoms with Crippen molar-refractivity contribution >= 4 is 34.0 Å². The predicted molar refractivity (Wildman–Crippen MR) is 135 cm³/mol. The van der Waals surface area contributed by atoms with Gasteiger partial charge in [-0.2, -0.15) is 8.42 Å². The van der Waals surface area contributed by atoms with E-state index in [0.29, 0.717) is 25.5 Å². The van der Waals surface area contributed by atoms with Crippen molar-refractivity contribution in [2.75, 3.05) is 37.7 Å². The van der Waals surface area contributed by atoms with Crippen molar-refractivity contribution in [1.82, 2.24) is 4.90 Å². The van der Waals surface area contributed by atoms with Crippen LogP contribution in [0.15, 0.2) is 94.2 Å². The Kier molecular flexibility index (Phi) is 8.36. The first kappa shape index (κ1) is 24.6. The Morgan fingerprint density at radius 3 is 2.06 bits per heavy atom. The summed E-state index contributed by atoms with van der Waals surface area (Å²) in [6, 6.07) is 25.9. The molecule has 0 radical (unpaired) electrons. The van der Waals surface area contributed by atoms with Gasteiger partial charge in [0.05, 0.1) is 17.2 Å². The molecule has 33 heavy (non-hydrogen) atoms. The van der Waals surface area contributed by atoms with Crippen LogP contribution in [0, 0.1) is 0 Å². The van der Waals surface area contributed by atoms with Gasteiger partial charge in [0.15, 0.2) is 0 Å². The molecule has 0 unspecified atom stereocenters. The number of benzene rings is 3. The molecule has 4 rings (SSSR count). The van der Waals surface area contributed by atoms with Crippen LogP contribution in [0.3, 0.4) is 0 Å². The van der Waals surface area contributed by atoms with Crippen molar-refractivity contribution in [2.24, 2.45) is 4.40 Å². The van der Waals surface area contributed by atoms with Crippen molar-refractivity contribution in [2.45, 2.75) is 11.8 Å². The number of hydrogen-bond donors (Lipinski definition) is 0. The van der Waals surface area contributed by atoms with E-state index in [0.717, 1.165) is 30.1 Å². The summed E-state index contributed by atoms with van der Waals surface area (Å²) in [5.41, 5.74) is 1.85. The number of ether oxygens (including phenoxy) is 1. The number of rotatable bonds is 6. The van der Waals surface area contributed by atoms with Crippen molar-refractivity contribution in [3.05, 3.63) is 90.5 Å². The lowest BCUT2D eigenvalue weighted by molar-refractivity contribution is 0.336. The normalized spacial score (nSPS) is 14.5. The van der Waals surface area contributed by atoms with Gasteiger partial charge in [0.25, 0.3) is 10.0 Å². The summed E-state index contributed by atoms with van der Waals surface area (Å²) in [7, 11) is -3.82. The van der Waals surface area contributed by atoms with Gasteiger partial charge in [-0.15, -0.1) is 16.8 Å². The van der Waals surface area contributed by atoms with Gasteiger partial charge in [0, 0.05) is 31.7 Å². The maximum Gasteiger partial charge on any atom is 0.284 e. The van der Waals surface area contributed by atoms with Crippen molar-refractivity contribution < 1.29 is 13.2 Å². The molecule has 1 saturated heterocycles. The number of sulfonamides is 1. The Morgan fingerprint density at radius 1 is 0.848 bits per heavy atom. The van der Waals surface area contributed by atoms with Gasteiger partial charge in [0.2, 0.25) is 0 Å². The first-order chi connectivity index (χ1) is 15.6. The van der Waals surface area contributed by atoms with Gasteiger partial charge < -0.3 is 14.5 Å². The van der Waals surface area contributed by atoms with Gasteiger partial charge in [-0.25, -0.2) is 0 Å². The molecule has 0 spiro atoms. The van der Waals surface area contributed by atoms with E-state index in [1.54, 1.807) is 30.3 Å². The van der Waals surface area contributed by atoms with Crippen molar-refractivity contribution in [3.63, 3.8) is 0 Å². The van der Waals surface area contributed by atoms with Gasteiger partial charge in [-0.1, -0.05) is 60.7 Å². The van der Waals surface area contributed by atoms with Gasteiger partial charge in [-0.05, 0) is 31.2 Å². The van der Waals surface area contributed by atoms with E-state index in [1.807, 2.05) is 55.5 Å². The molecule has 1 fully saturated rings. The Balaban J connectivity index is 0.00000306. The molecular weight excluding hydrogens is 458 g/mol. The van der Waals surface area contributed by atoms with E-state index >= 15 is 0 Å². The summed E-state index contributed by atoms with van der Waals surface area (Å²) >= 11 is 0. The molecule has 1 aliphatic rings. The molecule has 0 N–H and O–H groups in total. The highest BCUT2D eigenvalue weighted by molar-refractivity contribution is 7.90. The van der Waals surface area contributed by atoms with Gasteiger partial charge in [0.1, 0.15) is 11.6 Å². The number of amidine groups is 1. The smallest absolute Gasteiger partial charge is 0.284 e. The highest BCUT2D eigenvalue weighted by Gasteiger charge is 2.25. The Hall–Kier alpha value is -3.03. The maximum absolute atomic E-state index is 13.0. The first-order valence-electron chi connectivity index (χ1n) is 10.8. The minimum atomic E-state index is -3.82. The summed E-state index contributed by atoms with van der Waals surface area (Å²) < 4.78 is 36.1. The van der Waals surface area contributed by atoms with E-state index < -0.39 is 10.0 Å². The molecule has 0 aliphatic carbocycles. The monoisotopic (exact) mass is 485 g/mol. The fourth-order valence-corrected chi connectivity index (χ4v) is 4.85. The number of anilines is 1. The van der Waals surface area contributed by atoms with Crippen LogP contribution in [0.4, 0.5) is 5.69 Å². The minimum Gasteiger partial charge on any atom is -0.492 e. The predicted octanol–water partition coefficient (Wildman–Crippen LogP) is 4.46. The molecule has 0 amide bonds. The third-order valence-electron chi connectivity index (χ3n) is 5.36. The molecule has 6 nitrogen and oxygen atoms in total. The lowest BCUT2D eigenvalue weighted by Gasteiger charge is -2.38. The molecule has 3 aromatic carbocycles. The molecule has 0 aromatic heterocycles. The largest absolute Gasteiger partial charge is 0.492 e. The number of nitrogens with zero attached hydrogens (tertiary/aromatic N) is 3. The summed E-state index contributed by atoms with van der Waals surface area (Å²) in [5.74, 6) is 1.35. The number of halogens is 1. The Bertz CT molecular complexity index is 1160. The van der Waals surface area contributed by atoms with E-state index in [-0.39, 0.29) is 17.3 Å². The van der Waals surface area contributed by atoms with E-state index in [1.165, 1.54) is 0 Å². The zero-order valence-electron chi connectivity index (χ0n) is 18.5. The molecule has 0 saturated carbocycles. The molecule has 174 valence electrons. The minimum absolute atomic E-state index is 0. The molecule has 8 heteroatoms. The Labute approximate surface area is 202 Å². The molecule has 0 atom stereocenters. The second-order valence-electron chi connectivity index (χ2n) is 7.44. The maximum atomic E-state index is 13.0. The van der Waals surface area contributed by atoms with Crippen LogP contribution in [-0.2, 0) is 10.0 Å². The van der Waals surface area contributed by atoms with Crippen LogP contribution < -0.4 is 9.64 Å². The van der Waals surface area contributed by atoms with E-state index in [4.69, 9.17) is 4.74 Å². The number of hydrogen-bond acceptors (Lipinski definition) is 4. The summed E-state index contributed by atoms with van der Waals surface area (Å²) in [5, 5.41) is 0. The number of piperazine rings is 1. The zero-order chi connectivity index (χ0) is 22.4. The number of para-hydroxylation sites is 2. The topological polar surface area (TPSA) is 62.2 Å². The van der Waals surface area contributed by atoms with Gasteiger partial charge >= 0.3 is 0 Å². The molecular formula is C25H28ClN3O3S. The van der Waals surface area contributed by atoms with E-state index in [2.05, 4.69) is 20.3 Å². The lowest BCUT2D eigenvalue weighted by atomic mass is 10.1. The molecule has 1 heterocycles. The highest BCUT2D eigenvalue weighted by atomic mass is 35.5. The average Bonchev–Trinajstić information content (AvgIpc) is 2.84. The van der Waals surface area contributed by atoms with Crippen LogP contribution in [0.25, 0.3) is 0 Å². The molecule has 3 aromatic rings. The molecule has 1 aliphatic heterocycles. The van der Waals surface area contributed by atoms with Crippen LogP contribution in [-0.4, -0.2) is 51.9 Å². The van der Waals surface area contributed by atoms with Crippen LogP contribution in [0.5, 0.6) is 5.75 Å². The summed E-state index contributed by atoms with van der Waals surface area (Å²) in [6.07, 6.45) is 0. The van der Waals surface area contributed by atoms with Crippen LogP contribution in [0.1, 0.15) is 12.5 Å². The zero-order valence-corrected chi connectivity index (χ0v) is 20.1. The highest BCUT2D eigenvalue weighted by Crippen LogP contribution is 2.29. The SMILES string of the molecule is CCOc1ccccc1N1CCN(C(=NS(=O)(=O)c2ccccc2)c2ccccc2)CC1.Cl. The fraction of sp³-hybridized carbons (Fsp3) is 0.240. The summed E-state index contributed by atoms with van der Waals surface area (Å²) in [4.78, 5) is 4.52. The van der Waals surface area contributed by atoms with E-state index in [9.17, 15) is 8.42 Å². The second kappa shape index (κ2) is 11.2. The first-order valence-corrected chi connectivity index (χ1v) is 12.2. The third kappa shape index (κ3) is 5.86. The van der Waals surface area contributed by atoms with Crippen LogP contribution in [0.2, 0.25) is 0 Å². The fourth-order valence-electron chi connectivity index (χ4n) is 3.79. The van der Waals surface area contributed by atoms with Crippen molar-refractivity contribution in [3.8, 4) is 5.75 Å². The molecule has 0 bridgehead atoms. The summed E-state index contributed by atoms with van der Waals surface area (Å²) in [6.45, 7) is 5.36.